The van der Waals surface area contributed by atoms with E-state index in [0.29, 0.717) is 0 Å². The third-order valence-corrected chi connectivity index (χ3v) is 3.64. The Hall–Kier alpha value is -2.87. The molecule has 2 heteroatoms. The third kappa shape index (κ3) is 2.63. The fraction of sp³-hybridized carbons (Fsp3) is 0.0500. The largest absolute Gasteiger partial charge is 0.507 e. The van der Waals surface area contributed by atoms with Crippen molar-refractivity contribution >= 4 is 6.21 Å². The Morgan fingerprint density at radius 2 is 1.23 bits per heavy atom. The molecule has 0 aromatic heterocycles. The van der Waals surface area contributed by atoms with Crippen molar-refractivity contribution in [2.45, 2.75) is 0 Å². The number of aliphatic imine (C=N–C) groups is 1. The Bertz CT molecular complexity index is 793. The minimum Gasteiger partial charge on any atom is -0.507 e. The van der Waals surface area contributed by atoms with E-state index in [2.05, 4.69) is 4.99 Å². The maximum absolute atomic E-state index is 10.7. The first-order valence-electron chi connectivity index (χ1n) is 7.20. The number of hydrogen-bond acceptors (Lipinski definition) is 2. The third-order valence-electron chi connectivity index (χ3n) is 3.64. The first-order chi connectivity index (χ1) is 10.8. The molecule has 0 heterocycles. The SMILES string of the molecule is CN=Cc1c(-c2ccccc2)ccc(-c2ccccc2)c1O. The van der Waals surface area contributed by atoms with Crippen LogP contribution < -0.4 is 0 Å². The van der Waals surface area contributed by atoms with Gasteiger partial charge in [0.1, 0.15) is 5.75 Å². The molecule has 0 radical (unpaired) electrons. The van der Waals surface area contributed by atoms with Crippen LogP contribution in [0.5, 0.6) is 5.75 Å². The molecule has 3 rings (SSSR count). The van der Waals surface area contributed by atoms with Gasteiger partial charge in [0, 0.05) is 24.4 Å². The van der Waals surface area contributed by atoms with Crippen LogP contribution in [-0.4, -0.2) is 18.4 Å². The highest BCUT2D eigenvalue weighted by atomic mass is 16.3. The summed E-state index contributed by atoms with van der Waals surface area (Å²) in [5.41, 5.74) is 4.59. The number of benzene rings is 3. The summed E-state index contributed by atoms with van der Waals surface area (Å²) in [6, 6.07) is 23.9. The van der Waals surface area contributed by atoms with E-state index in [0.717, 1.165) is 27.8 Å². The lowest BCUT2D eigenvalue weighted by Crippen LogP contribution is -1.92. The zero-order valence-corrected chi connectivity index (χ0v) is 12.4. The van der Waals surface area contributed by atoms with Crippen LogP contribution in [0.1, 0.15) is 5.56 Å². The average molecular weight is 287 g/mol. The van der Waals surface area contributed by atoms with Crippen molar-refractivity contribution in [1.29, 1.82) is 0 Å². The Kier molecular flexibility index (Phi) is 4.01. The summed E-state index contributed by atoms with van der Waals surface area (Å²) in [4.78, 5) is 4.10. The van der Waals surface area contributed by atoms with Crippen LogP contribution in [-0.2, 0) is 0 Å². The summed E-state index contributed by atoms with van der Waals surface area (Å²) in [6.45, 7) is 0. The van der Waals surface area contributed by atoms with Crippen LogP contribution in [0.2, 0.25) is 0 Å². The molecular weight excluding hydrogens is 270 g/mol. The van der Waals surface area contributed by atoms with Gasteiger partial charge in [-0.2, -0.15) is 0 Å². The van der Waals surface area contributed by atoms with Gasteiger partial charge in [0.05, 0.1) is 0 Å². The second-order valence-corrected chi connectivity index (χ2v) is 5.04. The second kappa shape index (κ2) is 6.27. The Labute approximate surface area is 130 Å². The molecule has 0 spiro atoms. The molecule has 0 atom stereocenters. The highest BCUT2D eigenvalue weighted by Gasteiger charge is 2.13. The van der Waals surface area contributed by atoms with E-state index in [4.69, 9.17) is 0 Å². The first kappa shape index (κ1) is 14.1. The highest BCUT2D eigenvalue weighted by molar-refractivity contribution is 5.97. The van der Waals surface area contributed by atoms with Crippen LogP contribution in [0.3, 0.4) is 0 Å². The van der Waals surface area contributed by atoms with E-state index in [9.17, 15) is 5.11 Å². The molecular formula is C20H17NO. The van der Waals surface area contributed by atoms with Crippen LogP contribution >= 0.6 is 0 Å². The standard InChI is InChI=1S/C20H17NO/c1-21-14-19-17(15-8-4-2-5-9-15)12-13-18(20(19)22)16-10-6-3-7-11-16/h2-14,22H,1H3. The summed E-state index contributed by atoms with van der Waals surface area (Å²) in [5, 5.41) is 10.7. The number of aromatic hydroxyl groups is 1. The molecule has 1 N–H and O–H groups in total. The summed E-state index contributed by atoms with van der Waals surface area (Å²) in [7, 11) is 1.71. The predicted octanol–water partition coefficient (Wildman–Crippen LogP) is 4.77. The molecule has 22 heavy (non-hydrogen) atoms. The van der Waals surface area contributed by atoms with Gasteiger partial charge in [-0.25, -0.2) is 0 Å². The van der Waals surface area contributed by atoms with Gasteiger partial charge in [0.15, 0.2) is 0 Å². The zero-order valence-electron chi connectivity index (χ0n) is 12.4. The molecule has 3 aromatic rings. The van der Waals surface area contributed by atoms with Crippen molar-refractivity contribution in [2.75, 3.05) is 7.05 Å². The number of phenols is 1. The van der Waals surface area contributed by atoms with Gasteiger partial charge in [-0.3, -0.25) is 4.99 Å². The Balaban J connectivity index is 2.21. The van der Waals surface area contributed by atoms with Crippen molar-refractivity contribution in [3.63, 3.8) is 0 Å². The lowest BCUT2D eigenvalue weighted by molar-refractivity contribution is 0.477. The second-order valence-electron chi connectivity index (χ2n) is 5.04. The van der Waals surface area contributed by atoms with Crippen LogP contribution in [0.4, 0.5) is 0 Å². The zero-order chi connectivity index (χ0) is 15.4. The maximum atomic E-state index is 10.7. The molecule has 0 saturated carbocycles. The lowest BCUT2D eigenvalue weighted by Gasteiger charge is -2.13. The normalized spacial score (nSPS) is 11.0. The van der Waals surface area contributed by atoms with E-state index in [1.54, 1.807) is 13.3 Å². The highest BCUT2D eigenvalue weighted by Crippen LogP contribution is 2.37. The first-order valence-corrected chi connectivity index (χ1v) is 7.20. The lowest BCUT2D eigenvalue weighted by atomic mass is 9.94. The topological polar surface area (TPSA) is 32.6 Å². The maximum Gasteiger partial charge on any atom is 0.132 e. The van der Waals surface area contributed by atoms with Gasteiger partial charge in [0.2, 0.25) is 0 Å². The molecule has 0 bridgehead atoms. The van der Waals surface area contributed by atoms with Gasteiger partial charge < -0.3 is 5.11 Å². The molecule has 0 aliphatic carbocycles. The molecule has 0 unspecified atom stereocenters. The van der Waals surface area contributed by atoms with Crippen molar-refractivity contribution in [3.8, 4) is 28.0 Å². The predicted molar refractivity (Wildman–Crippen MR) is 92.5 cm³/mol. The Morgan fingerprint density at radius 3 is 1.77 bits per heavy atom. The number of hydrogen-bond donors (Lipinski definition) is 1. The van der Waals surface area contributed by atoms with Gasteiger partial charge in [-0.15, -0.1) is 0 Å². The molecule has 0 aliphatic rings. The number of phenolic OH excluding ortho intramolecular Hbond substituents is 1. The van der Waals surface area contributed by atoms with E-state index in [-0.39, 0.29) is 5.75 Å². The molecule has 0 amide bonds. The van der Waals surface area contributed by atoms with Crippen molar-refractivity contribution in [2.24, 2.45) is 4.99 Å². The number of nitrogens with zero attached hydrogens (tertiary/aromatic N) is 1. The smallest absolute Gasteiger partial charge is 0.132 e. The van der Waals surface area contributed by atoms with Gasteiger partial charge in [-0.1, -0.05) is 66.7 Å². The van der Waals surface area contributed by atoms with Gasteiger partial charge >= 0.3 is 0 Å². The van der Waals surface area contributed by atoms with Crippen LogP contribution in [0.15, 0.2) is 77.8 Å². The van der Waals surface area contributed by atoms with Gasteiger partial charge in [0.25, 0.3) is 0 Å². The quantitative estimate of drug-likeness (QED) is 0.691. The van der Waals surface area contributed by atoms with E-state index >= 15 is 0 Å². The molecule has 108 valence electrons. The van der Waals surface area contributed by atoms with Crippen molar-refractivity contribution in [3.05, 3.63) is 78.4 Å². The summed E-state index contributed by atoms with van der Waals surface area (Å²) < 4.78 is 0. The fourth-order valence-corrected chi connectivity index (χ4v) is 2.59. The van der Waals surface area contributed by atoms with E-state index in [1.165, 1.54) is 0 Å². The molecule has 0 fully saturated rings. The van der Waals surface area contributed by atoms with Crippen molar-refractivity contribution < 1.29 is 5.11 Å². The van der Waals surface area contributed by atoms with Crippen LogP contribution in [0.25, 0.3) is 22.3 Å². The summed E-state index contributed by atoms with van der Waals surface area (Å²) >= 11 is 0. The molecule has 0 aliphatic heterocycles. The molecule has 0 saturated heterocycles. The molecule has 3 aromatic carbocycles. The van der Waals surface area contributed by atoms with E-state index < -0.39 is 0 Å². The summed E-state index contributed by atoms with van der Waals surface area (Å²) in [5.74, 6) is 0.262. The summed E-state index contributed by atoms with van der Waals surface area (Å²) in [6.07, 6.45) is 1.71. The Morgan fingerprint density at radius 1 is 0.727 bits per heavy atom. The minimum atomic E-state index is 0.262. The fourth-order valence-electron chi connectivity index (χ4n) is 2.59. The number of rotatable bonds is 3. The van der Waals surface area contributed by atoms with Crippen LogP contribution in [0, 0.1) is 0 Å². The average Bonchev–Trinajstić information content (AvgIpc) is 2.58. The molecule has 2 nitrogen and oxygen atoms in total. The van der Waals surface area contributed by atoms with Gasteiger partial charge in [-0.05, 0) is 22.8 Å². The van der Waals surface area contributed by atoms with Crippen molar-refractivity contribution in [1.82, 2.24) is 0 Å². The minimum absolute atomic E-state index is 0.262. The van der Waals surface area contributed by atoms with E-state index in [1.807, 2.05) is 72.8 Å². The monoisotopic (exact) mass is 287 g/mol.